The van der Waals surface area contributed by atoms with Gasteiger partial charge in [-0.25, -0.2) is 31.5 Å². The van der Waals surface area contributed by atoms with Gasteiger partial charge in [-0.2, -0.15) is 4.98 Å². The smallest absolute Gasteiger partial charge is 0.355 e. The van der Waals surface area contributed by atoms with E-state index in [4.69, 9.17) is 0 Å². The van der Waals surface area contributed by atoms with Gasteiger partial charge in [0.05, 0.1) is 33.0 Å². The molecule has 1 N–H and O–H groups in total. The van der Waals surface area contributed by atoms with E-state index in [0.717, 1.165) is 16.7 Å². The van der Waals surface area contributed by atoms with E-state index in [1.165, 1.54) is 36.7 Å². The lowest BCUT2D eigenvalue weighted by atomic mass is 10.1. The van der Waals surface area contributed by atoms with Crippen LogP contribution in [0.2, 0.25) is 0 Å². The van der Waals surface area contributed by atoms with Gasteiger partial charge in [-0.3, -0.25) is 9.78 Å². The summed E-state index contributed by atoms with van der Waals surface area (Å²) in [7, 11) is -3.86. The maximum Gasteiger partial charge on any atom is 0.355 e. The number of carbonyl (C=O) groups excluding carboxylic acids is 1. The zero-order valence-corrected chi connectivity index (χ0v) is 23.8. The van der Waals surface area contributed by atoms with Crippen molar-refractivity contribution >= 4 is 32.6 Å². The van der Waals surface area contributed by atoms with Gasteiger partial charge in [-0.1, -0.05) is 12.6 Å². The highest BCUT2D eigenvalue weighted by Crippen LogP contribution is 2.38. The van der Waals surface area contributed by atoms with Crippen molar-refractivity contribution < 1.29 is 27.1 Å². The van der Waals surface area contributed by atoms with E-state index in [1.807, 2.05) is 0 Å². The van der Waals surface area contributed by atoms with Gasteiger partial charge in [-0.05, 0) is 50.1 Å². The normalized spacial score (nSPS) is 17.3. The minimum atomic E-state index is -3.86. The fourth-order valence-corrected chi connectivity index (χ4v) is 7.21. The molecule has 0 radical (unpaired) electrons. The van der Waals surface area contributed by atoms with Crippen molar-refractivity contribution in [1.29, 1.82) is 0 Å². The number of nitrogens with zero attached hydrogens (tertiary/aromatic N) is 6. The molecule has 43 heavy (non-hydrogen) atoms. The first-order valence-corrected chi connectivity index (χ1v) is 15.0. The van der Waals surface area contributed by atoms with E-state index >= 15 is 4.39 Å². The Labute approximate surface area is 244 Å². The average Bonchev–Trinajstić information content (AvgIpc) is 3.84. The SMILES string of the molecule is C=CC(=O)N1CCN(c2nc(=O)n(-c3cnccc3S(=O)(=O)C3CC3)c3nc(-c4c(O)cccc4F)c(F)cc23)[C@@H](C)C1. The highest BCUT2D eigenvalue weighted by atomic mass is 32.2. The minimum absolute atomic E-state index is 0.0330. The van der Waals surface area contributed by atoms with E-state index in [2.05, 4.69) is 21.5 Å². The summed E-state index contributed by atoms with van der Waals surface area (Å²) in [5, 5.41) is 9.84. The number of sulfone groups is 1. The maximum atomic E-state index is 15.8. The van der Waals surface area contributed by atoms with Crippen LogP contribution in [0.5, 0.6) is 5.75 Å². The summed E-state index contributed by atoms with van der Waals surface area (Å²) in [6.45, 7) is 6.09. The highest BCUT2D eigenvalue weighted by molar-refractivity contribution is 7.92. The number of anilines is 1. The first kappa shape index (κ1) is 28.4. The summed E-state index contributed by atoms with van der Waals surface area (Å²) in [5.41, 5.74) is -2.39. The number of aromatic hydroxyl groups is 1. The van der Waals surface area contributed by atoms with Gasteiger partial charge in [0, 0.05) is 31.9 Å². The lowest BCUT2D eigenvalue weighted by molar-refractivity contribution is -0.126. The number of aromatic nitrogens is 4. The van der Waals surface area contributed by atoms with Crippen LogP contribution >= 0.6 is 0 Å². The van der Waals surface area contributed by atoms with Crippen molar-refractivity contribution in [2.75, 3.05) is 24.5 Å². The number of carbonyl (C=O) groups is 1. The van der Waals surface area contributed by atoms with Crippen LogP contribution in [0.3, 0.4) is 0 Å². The van der Waals surface area contributed by atoms with Crippen LogP contribution in [-0.4, -0.2) is 74.8 Å². The van der Waals surface area contributed by atoms with E-state index in [1.54, 1.807) is 16.7 Å². The van der Waals surface area contributed by atoms with E-state index in [9.17, 15) is 27.5 Å². The first-order chi connectivity index (χ1) is 20.5. The molecule has 4 aromatic rings. The van der Waals surface area contributed by atoms with E-state index in [-0.39, 0.29) is 59.0 Å². The number of phenols is 1. The van der Waals surface area contributed by atoms with Gasteiger partial charge in [0.1, 0.15) is 23.1 Å². The molecule has 2 fully saturated rings. The van der Waals surface area contributed by atoms with Gasteiger partial charge in [-0.15, -0.1) is 0 Å². The highest BCUT2D eigenvalue weighted by Gasteiger charge is 2.39. The molecule has 14 heteroatoms. The number of pyridine rings is 2. The lowest BCUT2D eigenvalue weighted by Crippen LogP contribution is -2.54. The van der Waals surface area contributed by atoms with Gasteiger partial charge in [0.15, 0.2) is 21.3 Å². The van der Waals surface area contributed by atoms with Crippen molar-refractivity contribution in [2.45, 2.75) is 36.0 Å². The molecule has 0 bridgehead atoms. The quantitative estimate of drug-likeness (QED) is 0.328. The van der Waals surface area contributed by atoms with Crippen LogP contribution in [0.15, 0.2) is 65.1 Å². The number of fused-ring (bicyclic) bond motifs is 1. The predicted octanol–water partition coefficient (Wildman–Crippen LogP) is 2.99. The molecule has 1 saturated carbocycles. The summed E-state index contributed by atoms with van der Waals surface area (Å²) < 4.78 is 58.3. The molecular weight excluding hydrogens is 582 g/mol. The van der Waals surface area contributed by atoms with Crippen molar-refractivity contribution in [2.24, 2.45) is 0 Å². The minimum Gasteiger partial charge on any atom is -0.507 e. The van der Waals surface area contributed by atoms with E-state index in [0.29, 0.717) is 12.8 Å². The summed E-state index contributed by atoms with van der Waals surface area (Å²) >= 11 is 0. The third kappa shape index (κ3) is 4.80. The molecule has 2 aliphatic rings. The molecule has 1 amide bonds. The molecule has 222 valence electrons. The first-order valence-electron chi connectivity index (χ1n) is 13.5. The fourth-order valence-electron chi connectivity index (χ4n) is 5.41. The third-order valence-electron chi connectivity index (χ3n) is 7.69. The molecule has 1 atom stereocenters. The van der Waals surface area contributed by atoms with E-state index < -0.39 is 49.4 Å². The zero-order chi connectivity index (χ0) is 30.6. The number of piperazine rings is 1. The summed E-state index contributed by atoms with van der Waals surface area (Å²) in [6.07, 6.45) is 4.61. The van der Waals surface area contributed by atoms with Crippen molar-refractivity contribution in [1.82, 2.24) is 24.4 Å². The fraction of sp³-hybridized carbons (Fsp3) is 0.276. The lowest BCUT2D eigenvalue weighted by Gasteiger charge is -2.40. The second-order valence-corrected chi connectivity index (χ2v) is 12.7. The molecule has 0 spiro atoms. The van der Waals surface area contributed by atoms with Crippen LogP contribution in [-0.2, 0) is 14.6 Å². The van der Waals surface area contributed by atoms with Gasteiger partial charge in [0.2, 0.25) is 5.91 Å². The predicted molar refractivity (Wildman–Crippen MR) is 154 cm³/mol. The monoisotopic (exact) mass is 608 g/mol. The van der Waals surface area contributed by atoms with Crippen LogP contribution in [0, 0.1) is 11.6 Å². The van der Waals surface area contributed by atoms with Crippen LogP contribution in [0.1, 0.15) is 19.8 Å². The zero-order valence-electron chi connectivity index (χ0n) is 22.9. The van der Waals surface area contributed by atoms with Gasteiger partial charge >= 0.3 is 5.69 Å². The second kappa shape index (κ2) is 10.5. The number of phenolic OH excluding ortho intramolecular Hbond substituents is 1. The molecule has 4 heterocycles. The standard InChI is InChI=1S/C29H26F2N6O5S/c1-3-24(39)35-11-12-36(16(2)15-35)27-18-13-20(31)26(25-19(30)5-4-6-22(25)38)33-28(18)37(29(40)34-27)21-14-32-10-9-23(21)43(41,42)17-7-8-17/h3-6,9-10,13-14,16-17,38H,1,7-8,11-12,15H2,2H3/t16-/m0/s1. The molecule has 11 nitrogen and oxygen atoms in total. The maximum absolute atomic E-state index is 15.8. The number of halogens is 2. The topological polar surface area (TPSA) is 139 Å². The Balaban J connectivity index is 1.64. The summed E-state index contributed by atoms with van der Waals surface area (Å²) in [6, 6.07) is 5.38. The molecule has 0 unspecified atom stereocenters. The molecule has 6 rings (SSSR count). The van der Waals surface area contributed by atoms with Crippen molar-refractivity contribution in [3.8, 4) is 22.7 Å². The average molecular weight is 609 g/mol. The van der Waals surface area contributed by atoms with Gasteiger partial charge < -0.3 is 14.9 Å². The Morgan fingerprint density at radius 1 is 1.14 bits per heavy atom. The number of rotatable bonds is 6. The molecule has 3 aromatic heterocycles. The Kier molecular flexibility index (Phi) is 6.95. The molecule has 1 saturated heterocycles. The van der Waals surface area contributed by atoms with Gasteiger partial charge in [0.25, 0.3) is 0 Å². The largest absolute Gasteiger partial charge is 0.507 e. The Morgan fingerprint density at radius 3 is 2.58 bits per heavy atom. The Hall–Kier alpha value is -4.72. The summed E-state index contributed by atoms with van der Waals surface area (Å²) in [4.78, 5) is 41.8. The van der Waals surface area contributed by atoms with Crippen LogP contribution < -0.4 is 10.6 Å². The van der Waals surface area contributed by atoms with Crippen molar-refractivity contribution in [3.05, 3.63) is 77.5 Å². The molecule has 1 aliphatic heterocycles. The number of hydrogen-bond acceptors (Lipinski definition) is 9. The summed E-state index contributed by atoms with van der Waals surface area (Å²) in [5.74, 6) is -2.75. The number of hydrogen-bond donors (Lipinski definition) is 1. The third-order valence-corrected chi connectivity index (χ3v) is 9.99. The molecule has 1 aromatic carbocycles. The van der Waals surface area contributed by atoms with Crippen molar-refractivity contribution in [3.63, 3.8) is 0 Å². The molecule has 1 aliphatic carbocycles. The number of amides is 1. The number of benzene rings is 1. The Morgan fingerprint density at radius 2 is 1.91 bits per heavy atom. The molecular formula is C29H26F2N6O5S. The Bertz CT molecular complexity index is 1960. The van der Waals surface area contributed by atoms with Crippen LogP contribution in [0.4, 0.5) is 14.6 Å². The van der Waals surface area contributed by atoms with Crippen LogP contribution in [0.25, 0.3) is 28.0 Å². The second-order valence-electron chi connectivity index (χ2n) is 10.5.